The third kappa shape index (κ3) is 4.80. The first-order valence-electron chi connectivity index (χ1n) is 8.68. The summed E-state index contributed by atoms with van der Waals surface area (Å²) in [6.45, 7) is 1.95. The van der Waals surface area contributed by atoms with Crippen LogP contribution in [-0.4, -0.2) is 35.9 Å². The molecule has 1 heterocycles. The summed E-state index contributed by atoms with van der Waals surface area (Å²) < 4.78 is 40.3. The molecule has 0 aliphatic heterocycles. The number of amides is 1. The second-order valence-electron chi connectivity index (χ2n) is 6.45. The van der Waals surface area contributed by atoms with E-state index in [9.17, 15) is 18.0 Å². The molecule has 148 valence electrons. The lowest BCUT2D eigenvalue weighted by Crippen LogP contribution is -2.46. The van der Waals surface area contributed by atoms with Crippen molar-refractivity contribution in [3.8, 4) is 6.07 Å². The standard InChI is InChI=1S/C20H21F3N4O/c1-4-18(19(28)26(2)3)27(13-15-7-5-6-10-25-15)16-9-8-14(12-24)17(11-16)20(21,22)23/h5-11,18H,4,13H2,1-3H3. The zero-order chi connectivity index (χ0) is 20.9. The van der Waals surface area contributed by atoms with Crippen LogP contribution in [0.4, 0.5) is 18.9 Å². The molecule has 2 aromatic rings. The normalized spacial score (nSPS) is 12.2. The number of hydrogen-bond acceptors (Lipinski definition) is 4. The highest BCUT2D eigenvalue weighted by molar-refractivity contribution is 5.85. The maximum atomic E-state index is 13.4. The number of anilines is 1. The molecule has 1 amide bonds. The van der Waals surface area contributed by atoms with E-state index in [0.29, 0.717) is 12.1 Å². The molecule has 0 bridgehead atoms. The van der Waals surface area contributed by atoms with Gasteiger partial charge in [0.05, 0.1) is 29.4 Å². The van der Waals surface area contributed by atoms with E-state index in [-0.39, 0.29) is 18.1 Å². The van der Waals surface area contributed by atoms with E-state index in [1.54, 1.807) is 56.4 Å². The molecule has 0 aliphatic rings. The van der Waals surface area contributed by atoms with Gasteiger partial charge in [-0.3, -0.25) is 9.78 Å². The maximum Gasteiger partial charge on any atom is 0.417 e. The van der Waals surface area contributed by atoms with Crippen LogP contribution in [0.1, 0.15) is 30.2 Å². The summed E-state index contributed by atoms with van der Waals surface area (Å²) in [6.07, 6.45) is -2.70. The van der Waals surface area contributed by atoms with Crippen LogP contribution >= 0.6 is 0 Å². The van der Waals surface area contributed by atoms with Gasteiger partial charge in [-0.05, 0) is 36.8 Å². The summed E-state index contributed by atoms with van der Waals surface area (Å²) in [5.41, 5.74) is -0.656. The maximum absolute atomic E-state index is 13.4. The Labute approximate surface area is 162 Å². The fourth-order valence-corrected chi connectivity index (χ4v) is 2.92. The lowest BCUT2D eigenvalue weighted by Gasteiger charge is -2.34. The predicted molar refractivity (Wildman–Crippen MR) is 99.4 cm³/mol. The summed E-state index contributed by atoms with van der Waals surface area (Å²) in [6, 6.07) is 9.65. The van der Waals surface area contributed by atoms with E-state index >= 15 is 0 Å². The molecule has 1 unspecified atom stereocenters. The van der Waals surface area contributed by atoms with Crippen LogP contribution < -0.4 is 4.90 Å². The third-order valence-electron chi connectivity index (χ3n) is 4.31. The number of benzene rings is 1. The smallest absolute Gasteiger partial charge is 0.354 e. The predicted octanol–water partition coefficient (Wildman–Crippen LogP) is 3.85. The topological polar surface area (TPSA) is 60.2 Å². The van der Waals surface area contributed by atoms with Crippen molar-refractivity contribution in [2.24, 2.45) is 0 Å². The minimum atomic E-state index is -4.68. The van der Waals surface area contributed by atoms with Crippen molar-refractivity contribution in [1.29, 1.82) is 5.26 Å². The van der Waals surface area contributed by atoms with Crippen molar-refractivity contribution < 1.29 is 18.0 Å². The summed E-state index contributed by atoms with van der Waals surface area (Å²) in [5, 5.41) is 9.03. The van der Waals surface area contributed by atoms with Gasteiger partial charge >= 0.3 is 6.18 Å². The van der Waals surface area contributed by atoms with Crippen LogP contribution in [0.15, 0.2) is 42.6 Å². The van der Waals surface area contributed by atoms with Gasteiger partial charge in [-0.2, -0.15) is 18.4 Å². The average Bonchev–Trinajstić information content (AvgIpc) is 2.67. The number of hydrogen-bond donors (Lipinski definition) is 0. The lowest BCUT2D eigenvalue weighted by molar-refractivity contribution is -0.137. The summed E-state index contributed by atoms with van der Waals surface area (Å²) in [5.74, 6) is -0.226. The van der Waals surface area contributed by atoms with Crippen molar-refractivity contribution in [3.05, 3.63) is 59.4 Å². The van der Waals surface area contributed by atoms with Crippen molar-refractivity contribution in [1.82, 2.24) is 9.88 Å². The van der Waals surface area contributed by atoms with Gasteiger partial charge in [-0.15, -0.1) is 0 Å². The van der Waals surface area contributed by atoms with Gasteiger partial charge in [0, 0.05) is 26.0 Å². The Kier molecular flexibility index (Phi) is 6.62. The van der Waals surface area contributed by atoms with E-state index < -0.39 is 23.3 Å². The molecular weight excluding hydrogens is 369 g/mol. The summed E-state index contributed by atoms with van der Waals surface area (Å²) in [7, 11) is 3.20. The highest BCUT2D eigenvalue weighted by Gasteiger charge is 2.35. The fraction of sp³-hybridized carbons (Fsp3) is 0.350. The number of carbonyl (C=O) groups excluding carboxylic acids is 1. The van der Waals surface area contributed by atoms with Crippen molar-refractivity contribution in [2.45, 2.75) is 32.1 Å². The fourth-order valence-electron chi connectivity index (χ4n) is 2.92. The molecule has 0 fully saturated rings. The minimum Gasteiger partial charge on any atom is -0.354 e. The molecule has 0 saturated heterocycles. The molecule has 1 atom stereocenters. The van der Waals surface area contributed by atoms with Gasteiger partial charge in [0.2, 0.25) is 5.91 Å². The van der Waals surface area contributed by atoms with Gasteiger partial charge in [-0.1, -0.05) is 13.0 Å². The SMILES string of the molecule is CCC(C(=O)N(C)C)N(Cc1ccccn1)c1ccc(C#N)c(C(F)(F)F)c1. The van der Waals surface area contributed by atoms with E-state index in [1.165, 1.54) is 11.0 Å². The van der Waals surface area contributed by atoms with Crippen LogP contribution in [0.3, 0.4) is 0 Å². The number of pyridine rings is 1. The van der Waals surface area contributed by atoms with Crippen LogP contribution in [-0.2, 0) is 17.5 Å². The van der Waals surface area contributed by atoms with Crippen molar-refractivity contribution >= 4 is 11.6 Å². The number of nitrogens with zero attached hydrogens (tertiary/aromatic N) is 4. The van der Waals surface area contributed by atoms with Gasteiger partial charge in [0.1, 0.15) is 6.04 Å². The highest BCUT2D eigenvalue weighted by Crippen LogP contribution is 2.35. The van der Waals surface area contributed by atoms with Gasteiger partial charge in [0.25, 0.3) is 0 Å². The largest absolute Gasteiger partial charge is 0.417 e. The van der Waals surface area contributed by atoms with Gasteiger partial charge < -0.3 is 9.80 Å². The molecule has 0 radical (unpaired) electrons. The lowest BCUT2D eigenvalue weighted by atomic mass is 10.0. The van der Waals surface area contributed by atoms with Crippen LogP contribution in [0, 0.1) is 11.3 Å². The highest BCUT2D eigenvalue weighted by atomic mass is 19.4. The molecule has 0 aliphatic carbocycles. The Morgan fingerprint density at radius 2 is 1.96 bits per heavy atom. The number of halogens is 3. The molecule has 8 heteroatoms. The molecule has 0 spiro atoms. The summed E-state index contributed by atoms with van der Waals surface area (Å²) in [4.78, 5) is 19.9. The second kappa shape index (κ2) is 8.74. The van der Waals surface area contributed by atoms with Gasteiger partial charge in [-0.25, -0.2) is 0 Å². The van der Waals surface area contributed by atoms with E-state index in [4.69, 9.17) is 5.26 Å². The Hall–Kier alpha value is -3.08. The van der Waals surface area contributed by atoms with Crippen LogP contribution in [0.25, 0.3) is 0 Å². The molecular formula is C20H21F3N4O. The second-order valence-corrected chi connectivity index (χ2v) is 6.45. The number of aromatic nitrogens is 1. The van der Waals surface area contributed by atoms with Crippen molar-refractivity contribution in [2.75, 3.05) is 19.0 Å². The zero-order valence-electron chi connectivity index (χ0n) is 15.9. The number of nitriles is 1. The Morgan fingerprint density at radius 3 is 2.46 bits per heavy atom. The molecule has 28 heavy (non-hydrogen) atoms. The first kappa shape index (κ1) is 21.2. The third-order valence-corrected chi connectivity index (χ3v) is 4.31. The zero-order valence-corrected chi connectivity index (χ0v) is 15.9. The molecule has 0 N–H and O–H groups in total. The molecule has 1 aromatic carbocycles. The molecule has 5 nitrogen and oxygen atoms in total. The van der Waals surface area contributed by atoms with E-state index in [0.717, 1.165) is 12.1 Å². The number of carbonyl (C=O) groups is 1. The molecule has 1 aromatic heterocycles. The van der Waals surface area contributed by atoms with E-state index in [1.807, 2.05) is 0 Å². The summed E-state index contributed by atoms with van der Waals surface area (Å²) >= 11 is 0. The first-order chi connectivity index (χ1) is 13.2. The van der Waals surface area contributed by atoms with Crippen molar-refractivity contribution in [3.63, 3.8) is 0 Å². The van der Waals surface area contributed by atoms with Crippen LogP contribution in [0.2, 0.25) is 0 Å². The van der Waals surface area contributed by atoms with Gasteiger partial charge in [0.15, 0.2) is 0 Å². The molecule has 0 saturated carbocycles. The number of rotatable bonds is 6. The number of likely N-dealkylation sites (N-methyl/N-ethyl adjacent to an activating group) is 1. The first-order valence-corrected chi connectivity index (χ1v) is 8.68. The quantitative estimate of drug-likeness (QED) is 0.752. The number of alkyl halides is 3. The average molecular weight is 390 g/mol. The Balaban J connectivity index is 2.58. The Bertz CT molecular complexity index is 860. The minimum absolute atomic E-state index is 0.155. The van der Waals surface area contributed by atoms with Crippen LogP contribution in [0.5, 0.6) is 0 Å². The molecule has 2 rings (SSSR count). The Morgan fingerprint density at radius 1 is 1.25 bits per heavy atom. The monoisotopic (exact) mass is 390 g/mol. The van der Waals surface area contributed by atoms with E-state index in [2.05, 4.69) is 4.98 Å².